The number of nitrogens with zero attached hydrogens (tertiary/aromatic N) is 2. The van der Waals surface area contributed by atoms with E-state index in [-0.39, 0.29) is 22.3 Å². The van der Waals surface area contributed by atoms with E-state index in [4.69, 9.17) is 16.3 Å². The quantitative estimate of drug-likeness (QED) is 0.204. The van der Waals surface area contributed by atoms with Gasteiger partial charge in [-0.1, -0.05) is 65.4 Å². The number of aryl methyl sites for hydroxylation is 1. The van der Waals surface area contributed by atoms with E-state index in [0.717, 1.165) is 11.1 Å². The molecule has 4 aromatic rings. The van der Waals surface area contributed by atoms with Gasteiger partial charge in [-0.3, -0.25) is 9.52 Å². The number of carbonyl (C=O) groups excluding carboxylic acids is 2. The van der Waals surface area contributed by atoms with Crippen LogP contribution in [0.3, 0.4) is 0 Å². The summed E-state index contributed by atoms with van der Waals surface area (Å²) >= 11 is 7.41. The average molecular weight is 614 g/mol. The molecule has 13 heteroatoms. The topological polar surface area (TPSA) is 139 Å². The van der Waals surface area contributed by atoms with Crippen molar-refractivity contribution in [2.75, 3.05) is 16.6 Å². The van der Waals surface area contributed by atoms with Crippen LogP contribution >= 0.6 is 22.9 Å². The highest BCUT2D eigenvalue weighted by Gasteiger charge is 2.20. The number of benzene rings is 2. The van der Waals surface area contributed by atoms with Gasteiger partial charge >= 0.3 is 6.09 Å². The molecule has 0 atom stereocenters. The molecule has 2 heterocycles. The molecule has 0 aliphatic heterocycles. The SMILES string of the molecule is Cc1nc(NC(=O)CNC(=O)OC(C)(C)C)sc1-c1cnc(Cl)c(NS(=O)(=O)c2ccc(-c3ccccc3)cc2)c1. The Morgan fingerprint density at radius 3 is 2.32 bits per heavy atom. The first kappa shape index (κ1) is 30.0. The first-order valence-electron chi connectivity index (χ1n) is 12.4. The molecule has 2 aromatic heterocycles. The van der Waals surface area contributed by atoms with Gasteiger partial charge in [0.1, 0.15) is 12.1 Å². The largest absolute Gasteiger partial charge is 0.444 e. The third-order valence-corrected chi connectivity index (χ3v) is 8.26. The minimum Gasteiger partial charge on any atom is -0.444 e. The molecule has 2 amide bonds. The van der Waals surface area contributed by atoms with E-state index in [0.29, 0.717) is 21.3 Å². The van der Waals surface area contributed by atoms with Gasteiger partial charge in [0.25, 0.3) is 10.0 Å². The van der Waals surface area contributed by atoms with Crippen molar-refractivity contribution in [3.05, 3.63) is 77.7 Å². The highest BCUT2D eigenvalue weighted by molar-refractivity contribution is 7.92. The van der Waals surface area contributed by atoms with E-state index in [1.54, 1.807) is 45.9 Å². The fourth-order valence-corrected chi connectivity index (χ4v) is 5.88. The maximum Gasteiger partial charge on any atom is 0.408 e. The molecule has 0 saturated heterocycles. The van der Waals surface area contributed by atoms with E-state index in [2.05, 4.69) is 25.3 Å². The lowest BCUT2D eigenvalue weighted by molar-refractivity contribution is -0.115. The third kappa shape index (κ3) is 8.03. The summed E-state index contributed by atoms with van der Waals surface area (Å²) in [4.78, 5) is 33.3. The summed E-state index contributed by atoms with van der Waals surface area (Å²) in [6.07, 6.45) is 0.781. The summed E-state index contributed by atoms with van der Waals surface area (Å²) in [6, 6.07) is 17.7. The second-order valence-corrected chi connectivity index (χ2v) is 12.9. The van der Waals surface area contributed by atoms with Crippen LogP contribution in [0.15, 0.2) is 71.8 Å². The highest BCUT2D eigenvalue weighted by Crippen LogP contribution is 2.35. The molecule has 41 heavy (non-hydrogen) atoms. The number of hydrogen-bond acceptors (Lipinski definition) is 8. The zero-order chi connectivity index (χ0) is 29.8. The molecule has 0 aliphatic carbocycles. The molecule has 0 aliphatic rings. The zero-order valence-electron chi connectivity index (χ0n) is 22.7. The second kappa shape index (κ2) is 12.2. The van der Waals surface area contributed by atoms with Crippen molar-refractivity contribution in [3.8, 4) is 21.6 Å². The van der Waals surface area contributed by atoms with Gasteiger partial charge < -0.3 is 15.4 Å². The van der Waals surface area contributed by atoms with E-state index in [1.807, 2.05) is 30.3 Å². The first-order chi connectivity index (χ1) is 19.3. The number of aromatic nitrogens is 2. The van der Waals surface area contributed by atoms with Gasteiger partial charge in [0.05, 0.1) is 21.2 Å². The Morgan fingerprint density at radius 1 is 1.00 bits per heavy atom. The average Bonchev–Trinajstić information content (AvgIpc) is 3.28. The lowest BCUT2D eigenvalue weighted by Crippen LogP contribution is -2.37. The van der Waals surface area contributed by atoms with Crippen molar-refractivity contribution < 1.29 is 22.7 Å². The van der Waals surface area contributed by atoms with E-state index in [1.165, 1.54) is 29.7 Å². The molecule has 0 spiro atoms. The van der Waals surface area contributed by atoms with Gasteiger partial charge in [-0.25, -0.2) is 23.2 Å². The Kier molecular flexibility index (Phi) is 8.95. The first-order valence-corrected chi connectivity index (χ1v) is 15.1. The molecule has 0 radical (unpaired) electrons. The van der Waals surface area contributed by atoms with Crippen LogP contribution in [0.4, 0.5) is 15.6 Å². The van der Waals surface area contributed by atoms with Gasteiger partial charge in [-0.2, -0.15) is 0 Å². The van der Waals surface area contributed by atoms with Crippen LogP contribution < -0.4 is 15.4 Å². The summed E-state index contributed by atoms with van der Waals surface area (Å²) in [5.74, 6) is -0.489. The lowest BCUT2D eigenvalue weighted by atomic mass is 10.1. The van der Waals surface area contributed by atoms with Crippen LogP contribution in [-0.2, 0) is 19.6 Å². The Labute approximate surface area is 247 Å². The Morgan fingerprint density at radius 2 is 1.66 bits per heavy atom. The predicted molar refractivity (Wildman–Crippen MR) is 161 cm³/mol. The van der Waals surface area contributed by atoms with Crippen LogP contribution in [0.2, 0.25) is 5.15 Å². The molecular formula is C28H28ClN5O5S2. The van der Waals surface area contributed by atoms with Crippen molar-refractivity contribution in [2.45, 2.75) is 38.2 Å². The van der Waals surface area contributed by atoms with E-state index >= 15 is 0 Å². The predicted octanol–water partition coefficient (Wildman–Crippen LogP) is 6.10. The number of ether oxygens (including phenoxy) is 1. The van der Waals surface area contributed by atoms with Crippen LogP contribution in [0.1, 0.15) is 26.5 Å². The molecule has 214 valence electrons. The van der Waals surface area contributed by atoms with Gasteiger partial charge in [0, 0.05) is 11.8 Å². The molecule has 3 N–H and O–H groups in total. The lowest BCUT2D eigenvalue weighted by Gasteiger charge is -2.19. The number of thiazole rings is 1. The number of alkyl carbamates (subject to hydrolysis) is 1. The van der Waals surface area contributed by atoms with Gasteiger partial charge in [0.15, 0.2) is 10.3 Å². The van der Waals surface area contributed by atoms with Crippen LogP contribution in [0.5, 0.6) is 0 Å². The minimum atomic E-state index is -3.97. The Balaban J connectivity index is 1.46. The summed E-state index contributed by atoms with van der Waals surface area (Å²) in [6.45, 7) is 6.60. The Hall–Kier alpha value is -4.00. The van der Waals surface area contributed by atoms with Crippen molar-refractivity contribution >= 4 is 55.8 Å². The van der Waals surface area contributed by atoms with Crippen LogP contribution in [0.25, 0.3) is 21.6 Å². The number of hydrogen-bond donors (Lipinski definition) is 3. The van der Waals surface area contributed by atoms with Crippen LogP contribution in [-0.4, -0.2) is 42.5 Å². The number of anilines is 2. The van der Waals surface area contributed by atoms with Gasteiger partial charge in [-0.05, 0) is 57.0 Å². The minimum absolute atomic E-state index is 0.0258. The molecule has 4 rings (SSSR count). The molecule has 0 fully saturated rings. The number of pyridine rings is 1. The number of amides is 2. The third-order valence-electron chi connectivity index (χ3n) is 5.45. The molecule has 0 bridgehead atoms. The summed E-state index contributed by atoms with van der Waals surface area (Å²) < 4.78 is 33.9. The molecule has 10 nitrogen and oxygen atoms in total. The summed E-state index contributed by atoms with van der Waals surface area (Å²) in [7, 11) is -3.97. The zero-order valence-corrected chi connectivity index (χ0v) is 25.1. The Bertz CT molecular complexity index is 1670. The maximum atomic E-state index is 13.1. The summed E-state index contributed by atoms with van der Waals surface area (Å²) in [5.41, 5.74) is 2.40. The van der Waals surface area contributed by atoms with Crippen molar-refractivity contribution in [1.29, 1.82) is 0 Å². The van der Waals surface area contributed by atoms with Gasteiger partial charge in [0.2, 0.25) is 5.91 Å². The van der Waals surface area contributed by atoms with Crippen molar-refractivity contribution in [1.82, 2.24) is 15.3 Å². The number of carbonyl (C=O) groups is 2. The second-order valence-electron chi connectivity index (χ2n) is 9.90. The van der Waals surface area contributed by atoms with Crippen LogP contribution in [0, 0.1) is 6.92 Å². The van der Waals surface area contributed by atoms with Crippen molar-refractivity contribution in [2.24, 2.45) is 0 Å². The standard InChI is InChI=1S/C28H28ClN5O5S2/c1-17-24(40-26(32-17)33-23(35)16-31-27(36)39-28(2,3)4)20-14-22(25(29)30-15-20)34-41(37,38)21-12-10-19(11-13-21)18-8-6-5-7-9-18/h5-15,34H,16H2,1-4H3,(H,31,36)(H,32,33,35). The fourth-order valence-electron chi connectivity index (χ4n) is 3.65. The van der Waals surface area contributed by atoms with E-state index in [9.17, 15) is 18.0 Å². The number of halogens is 1. The molecular weight excluding hydrogens is 586 g/mol. The number of nitrogens with one attached hydrogen (secondary N) is 3. The normalized spacial score (nSPS) is 11.5. The van der Waals surface area contributed by atoms with Gasteiger partial charge in [-0.15, -0.1) is 0 Å². The fraction of sp³-hybridized carbons (Fsp3) is 0.214. The smallest absolute Gasteiger partial charge is 0.408 e. The number of sulfonamides is 1. The van der Waals surface area contributed by atoms with E-state index < -0.39 is 27.6 Å². The number of rotatable bonds is 8. The maximum absolute atomic E-state index is 13.1. The molecule has 2 aromatic carbocycles. The molecule has 0 saturated carbocycles. The summed E-state index contributed by atoms with van der Waals surface area (Å²) in [5, 5.41) is 5.29. The van der Waals surface area contributed by atoms with Crippen molar-refractivity contribution in [3.63, 3.8) is 0 Å². The molecule has 0 unspecified atom stereocenters. The highest BCUT2D eigenvalue weighted by atomic mass is 35.5. The monoisotopic (exact) mass is 613 g/mol.